The Balaban J connectivity index is 1.47. The van der Waals surface area contributed by atoms with Crippen molar-refractivity contribution in [3.05, 3.63) is 94.3 Å². The molecule has 4 heterocycles. The fraction of sp³-hybridized carbons (Fsp3) is 0.208. The summed E-state index contributed by atoms with van der Waals surface area (Å²) in [4.78, 5) is 19.4. The average Bonchev–Trinajstić information content (AvgIpc) is 3.43. The molecule has 5 rings (SSSR count). The molecule has 1 N–H and O–H groups in total. The molecule has 4 aromatic rings. The summed E-state index contributed by atoms with van der Waals surface area (Å²) in [7, 11) is 3.68. The van der Waals surface area contributed by atoms with E-state index >= 15 is 0 Å². The number of para-hydroxylation sites is 2. The number of benzene rings is 1. The van der Waals surface area contributed by atoms with Gasteiger partial charge in [-0.2, -0.15) is 5.10 Å². The van der Waals surface area contributed by atoms with Crippen LogP contribution in [0.2, 0.25) is 0 Å². The van der Waals surface area contributed by atoms with Gasteiger partial charge in [0.1, 0.15) is 11.4 Å². The predicted octanol–water partition coefficient (Wildman–Crippen LogP) is 3.66. The fourth-order valence-electron chi connectivity index (χ4n) is 3.94. The van der Waals surface area contributed by atoms with E-state index in [-0.39, 0.29) is 11.7 Å². The van der Waals surface area contributed by atoms with E-state index in [1.807, 2.05) is 62.6 Å². The maximum atomic E-state index is 12.6. The highest BCUT2D eigenvalue weighted by Crippen LogP contribution is 2.38. The molecule has 1 unspecified atom stereocenters. The summed E-state index contributed by atoms with van der Waals surface area (Å²) >= 11 is 1.52. The molecule has 168 valence electrons. The molecule has 0 aliphatic carbocycles. The van der Waals surface area contributed by atoms with Crippen LogP contribution < -0.4 is 20.6 Å². The molecule has 0 saturated heterocycles. The van der Waals surface area contributed by atoms with E-state index in [4.69, 9.17) is 4.74 Å². The topological polar surface area (TPSA) is 76.2 Å². The van der Waals surface area contributed by atoms with E-state index in [0.29, 0.717) is 17.1 Å². The number of pyridine rings is 1. The first-order valence-corrected chi connectivity index (χ1v) is 11.5. The number of methoxy groups -OCH3 is 1. The fourth-order valence-corrected chi connectivity index (χ4v) is 4.82. The second kappa shape index (κ2) is 8.67. The summed E-state index contributed by atoms with van der Waals surface area (Å²) in [5, 5.41) is 5.41. The largest absolute Gasteiger partial charge is 0.495 e. The van der Waals surface area contributed by atoms with E-state index in [0.717, 1.165) is 27.9 Å². The smallest absolute Gasteiger partial charge is 0.258 e. The van der Waals surface area contributed by atoms with Gasteiger partial charge >= 0.3 is 0 Å². The third kappa shape index (κ3) is 3.95. The molecule has 1 aliphatic rings. The summed E-state index contributed by atoms with van der Waals surface area (Å²) in [6, 6.07) is 17.4. The van der Waals surface area contributed by atoms with E-state index in [2.05, 4.69) is 31.0 Å². The zero-order valence-electron chi connectivity index (χ0n) is 18.6. The van der Waals surface area contributed by atoms with Gasteiger partial charge in [-0.1, -0.05) is 30.0 Å². The van der Waals surface area contributed by atoms with Crippen molar-refractivity contribution in [1.82, 2.24) is 19.4 Å². The number of fused-ring (bicyclic) bond motifs is 1. The zero-order valence-corrected chi connectivity index (χ0v) is 19.4. The summed E-state index contributed by atoms with van der Waals surface area (Å²) in [5.41, 5.74) is 7.51. The number of hydrogen-bond donors (Lipinski definition) is 1. The van der Waals surface area contributed by atoms with Gasteiger partial charge in [-0.3, -0.25) is 19.5 Å². The summed E-state index contributed by atoms with van der Waals surface area (Å²) < 4.78 is 9.28. The van der Waals surface area contributed by atoms with Crippen LogP contribution in [0.25, 0.3) is 5.65 Å². The monoisotopic (exact) mass is 460 g/mol. The van der Waals surface area contributed by atoms with Crippen LogP contribution in [0.1, 0.15) is 23.1 Å². The van der Waals surface area contributed by atoms with Gasteiger partial charge in [-0.05, 0) is 42.8 Å². The number of rotatable bonds is 5. The minimum absolute atomic E-state index is 0.0888. The Morgan fingerprint density at radius 3 is 2.79 bits per heavy atom. The van der Waals surface area contributed by atoms with Gasteiger partial charge in [-0.15, -0.1) is 0 Å². The lowest BCUT2D eigenvalue weighted by molar-refractivity contribution is 0.414. The van der Waals surface area contributed by atoms with Crippen LogP contribution in [-0.2, 0) is 12.8 Å². The number of anilines is 1. The number of aryl methyl sites for hydroxylation is 2. The molecule has 1 aliphatic heterocycles. The van der Waals surface area contributed by atoms with Crippen LogP contribution in [0.15, 0.2) is 76.9 Å². The normalized spacial score (nSPS) is 15.5. The quantitative estimate of drug-likeness (QED) is 0.490. The van der Waals surface area contributed by atoms with Crippen molar-refractivity contribution in [3.63, 3.8) is 0 Å². The SMILES string of the molecule is COc1ccccc1N1C(SCc2cc(=O)n3cc(C)ccc3n2)=NNC1c1cccn1C. The number of aromatic nitrogens is 3. The highest BCUT2D eigenvalue weighted by molar-refractivity contribution is 8.13. The molecule has 0 saturated carbocycles. The van der Waals surface area contributed by atoms with Gasteiger partial charge in [0, 0.05) is 31.3 Å². The van der Waals surface area contributed by atoms with Gasteiger partial charge in [0.2, 0.25) is 0 Å². The van der Waals surface area contributed by atoms with Crippen LogP contribution in [0, 0.1) is 6.92 Å². The summed E-state index contributed by atoms with van der Waals surface area (Å²) in [5.74, 6) is 1.26. The Hall–Kier alpha value is -3.72. The van der Waals surface area contributed by atoms with Crippen molar-refractivity contribution >= 4 is 28.3 Å². The average molecular weight is 461 g/mol. The van der Waals surface area contributed by atoms with Crippen LogP contribution in [0.5, 0.6) is 5.75 Å². The minimum atomic E-state index is -0.193. The van der Waals surface area contributed by atoms with Crippen molar-refractivity contribution in [2.24, 2.45) is 12.1 Å². The molecule has 0 radical (unpaired) electrons. The third-order valence-electron chi connectivity index (χ3n) is 5.57. The number of hydrogen-bond acceptors (Lipinski definition) is 7. The molecule has 9 heteroatoms. The maximum absolute atomic E-state index is 12.6. The van der Waals surface area contributed by atoms with Gasteiger partial charge in [-0.25, -0.2) is 4.98 Å². The van der Waals surface area contributed by atoms with Crippen LogP contribution in [-0.4, -0.2) is 26.2 Å². The number of nitrogens with zero attached hydrogens (tertiary/aromatic N) is 5. The molecule has 0 bridgehead atoms. The van der Waals surface area contributed by atoms with Crippen molar-refractivity contribution in [1.29, 1.82) is 0 Å². The van der Waals surface area contributed by atoms with Gasteiger partial charge in [0.25, 0.3) is 5.56 Å². The zero-order chi connectivity index (χ0) is 22.9. The molecule has 33 heavy (non-hydrogen) atoms. The molecular formula is C24H24N6O2S. The summed E-state index contributed by atoms with van der Waals surface area (Å²) in [6.45, 7) is 1.95. The molecular weight excluding hydrogens is 436 g/mol. The Bertz CT molecular complexity index is 1410. The highest BCUT2D eigenvalue weighted by atomic mass is 32.2. The Labute approximate surface area is 195 Å². The van der Waals surface area contributed by atoms with Crippen LogP contribution >= 0.6 is 11.8 Å². The van der Waals surface area contributed by atoms with Gasteiger partial charge < -0.3 is 9.30 Å². The lowest BCUT2D eigenvalue weighted by Gasteiger charge is -2.28. The number of amidine groups is 1. The lowest BCUT2D eigenvalue weighted by Crippen LogP contribution is -2.33. The number of thioether (sulfide) groups is 1. The van der Waals surface area contributed by atoms with Crippen molar-refractivity contribution in [2.75, 3.05) is 12.0 Å². The standard InChI is InChI=1S/C24H24N6O2S/c1-16-10-11-21-25-17(13-22(31)29(21)14-16)15-33-24-27-26-23(19-8-6-12-28(19)2)30(24)18-7-4-5-9-20(18)32-3/h4-14,23,26H,15H2,1-3H3. The van der Waals surface area contributed by atoms with Crippen molar-refractivity contribution < 1.29 is 4.74 Å². The second-order valence-corrected chi connectivity index (χ2v) is 8.76. The maximum Gasteiger partial charge on any atom is 0.258 e. The molecule has 3 aromatic heterocycles. The van der Waals surface area contributed by atoms with E-state index in [9.17, 15) is 4.79 Å². The van der Waals surface area contributed by atoms with Gasteiger partial charge in [0.05, 0.1) is 24.2 Å². The molecule has 0 fully saturated rings. The van der Waals surface area contributed by atoms with Gasteiger partial charge in [0.15, 0.2) is 11.3 Å². The summed E-state index contributed by atoms with van der Waals surface area (Å²) in [6.07, 6.45) is 3.62. The van der Waals surface area contributed by atoms with Crippen LogP contribution in [0.4, 0.5) is 5.69 Å². The Morgan fingerprint density at radius 2 is 2.00 bits per heavy atom. The number of nitrogens with one attached hydrogen (secondary N) is 1. The van der Waals surface area contributed by atoms with E-state index < -0.39 is 0 Å². The molecule has 8 nitrogen and oxygen atoms in total. The van der Waals surface area contributed by atoms with Crippen molar-refractivity contribution in [2.45, 2.75) is 18.8 Å². The lowest BCUT2D eigenvalue weighted by atomic mass is 10.2. The van der Waals surface area contributed by atoms with Crippen molar-refractivity contribution in [3.8, 4) is 5.75 Å². The first-order chi connectivity index (χ1) is 16.0. The minimum Gasteiger partial charge on any atom is -0.495 e. The molecule has 0 amide bonds. The predicted molar refractivity (Wildman–Crippen MR) is 132 cm³/mol. The molecule has 1 aromatic carbocycles. The Morgan fingerprint density at radius 1 is 1.15 bits per heavy atom. The number of ether oxygens (including phenoxy) is 1. The second-order valence-electron chi connectivity index (χ2n) is 7.82. The Kier molecular flexibility index (Phi) is 5.55. The van der Waals surface area contributed by atoms with Crippen LogP contribution in [0.3, 0.4) is 0 Å². The number of hydrazone groups is 1. The van der Waals surface area contributed by atoms with E-state index in [1.54, 1.807) is 23.8 Å². The first-order valence-electron chi connectivity index (χ1n) is 10.5. The molecule has 1 atom stereocenters. The molecule has 0 spiro atoms. The third-order valence-corrected chi connectivity index (χ3v) is 6.55. The first kappa shape index (κ1) is 21.1. The highest BCUT2D eigenvalue weighted by Gasteiger charge is 2.33. The van der Waals surface area contributed by atoms with E-state index in [1.165, 1.54) is 11.8 Å².